The molecule has 0 unspecified atom stereocenters. The second kappa shape index (κ2) is 7.22. The first-order valence-corrected chi connectivity index (χ1v) is 6.94. The van der Waals surface area contributed by atoms with Gasteiger partial charge in [0.05, 0.1) is 22.2 Å². The van der Waals surface area contributed by atoms with Gasteiger partial charge in [0, 0.05) is 5.02 Å². The SMILES string of the molecule is CCC(CC)COC(=O)c1cc(Cl)cc(Cl)c1Cl. The molecule has 0 saturated carbocycles. The van der Waals surface area contributed by atoms with Gasteiger partial charge in [-0.2, -0.15) is 0 Å². The van der Waals surface area contributed by atoms with Crippen LogP contribution in [0.15, 0.2) is 12.1 Å². The molecule has 0 aliphatic rings. The summed E-state index contributed by atoms with van der Waals surface area (Å²) in [7, 11) is 0. The van der Waals surface area contributed by atoms with E-state index < -0.39 is 5.97 Å². The molecule has 0 fully saturated rings. The Bertz CT molecular complexity index is 428. The lowest BCUT2D eigenvalue weighted by Gasteiger charge is -2.13. The van der Waals surface area contributed by atoms with E-state index in [1.165, 1.54) is 12.1 Å². The van der Waals surface area contributed by atoms with Gasteiger partial charge in [-0.3, -0.25) is 0 Å². The zero-order valence-corrected chi connectivity index (χ0v) is 12.6. The van der Waals surface area contributed by atoms with Crippen molar-refractivity contribution in [3.05, 3.63) is 32.8 Å². The van der Waals surface area contributed by atoms with E-state index in [9.17, 15) is 4.79 Å². The smallest absolute Gasteiger partial charge is 0.339 e. The molecule has 0 atom stereocenters. The first-order valence-electron chi connectivity index (χ1n) is 5.81. The minimum Gasteiger partial charge on any atom is -0.462 e. The van der Waals surface area contributed by atoms with Crippen molar-refractivity contribution in [2.45, 2.75) is 26.7 Å². The largest absolute Gasteiger partial charge is 0.462 e. The van der Waals surface area contributed by atoms with Crippen LogP contribution < -0.4 is 0 Å². The van der Waals surface area contributed by atoms with Gasteiger partial charge in [0.15, 0.2) is 0 Å². The molecule has 1 aromatic carbocycles. The molecule has 100 valence electrons. The summed E-state index contributed by atoms with van der Waals surface area (Å²) < 4.78 is 5.22. The number of esters is 1. The van der Waals surface area contributed by atoms with Crippen LogP contribution in [0.3, 0.4) is 0 Å². The molecule has 0 spiro atoms. The number of hydrogen-bond donors (Lipinski definition) is 0. The fraction of sp³-hybridized carbons (Fsp3) is 0.462. The molecular weight excluding hydrogens is 294 g/mol. The summed E-state index contributed by atoms with van der Waals surface area (Å²) in [5.74, 6) is -0.126. The van der Waals surface area contributed by atoms with Crippen LogP contribution in [-0.4, -0.2) is 12.6 Å². The van der Waals surface area contributed by atoms with Gasteiger partial charge >= 0.3 is 5.97 Å². The van der Waals surface area contributed by atoms with Gasteiger partial charge in [-0.1, -0.05) is 61.5 Å². The van der Waals surface area contributed by atoms with Gasteiger partial charge < -0.3 is 4.74 Å². The first kappa shape index (κ1) is 15.6. The number of hydrogen-bond acceptors (Lipinski definition) is 2. The zero-order valence-electron chi connectivity index (χ0n) is 10.3. The molecule has 0 aliphatic carbocycles. The fourth-order valence-electron chi connectivity index (χ4n) is 1.50. The molecule has 0 aromatic heterocycles. The number of ether oxygens (including phenoxy) is 1. The van der Waals surface area contributed by atoms with Crippen molar-refractivity contribution in [1.82, 2.24) is 0 Å². The maximum absolute atomic E-state index is 11.9. The molecule has 0 heterocycles. The molecule has 0 aliphatic heterocycles. The standard InChI is InChI=1S/C13H15Cl3O2/c1-3-8(4-2)7-18-13(17)10-5-9(14)6-11(15)12(10)16/h5-6,8H,3-4,7H2,1-2H3. The van der Waals surface area contributed by atoms with Crippen molar-refractivity contribution in [3.63, 3.8) is 0 Å². The molecule has 0 saturated heterocycles. The maximum Gasteiger partial charge on any atom is 0.339 e. The summed E-state index contributed by atoms with van der Waals surface area (Å²) >= 11 is 17.6. The van der Waals surface area contributed by atoms with E-state index in [2.05, 4.69) is 13.8 Å². The number of halogens is 3. The Balaban J connectivity index is 2.78. The van der Waals surface area contributed by atoms with Gasteiger partial charge in [0.1, 0.15) is 0 Å². The summed E-state index contributed by atoms with van der Waals surface area (Å²) in [5, 5.41) is 0.785. The van der Waals surface area contributed by atoms with Crippen LogP contribution in [-0.2, 0) is 4.74 Å². The van der Waals surface area contributed by atoms with Gasteiger partial charge in [0.2, 0.25) is 0 Å². The highest BCUT2D eigenvalue weighted by molar-refractivity contribution is 6.45. The summed E-state index contributed by atoms with van der Waals surface area (Å²) in [5.41, 5.74) is 0.208. The van der Waals surface area contributed by atoms with Crippen LogP contribution in [0.25, 0.3) is 0 Å². The zero-order chi connectivity index (χ0) is 13.7. The van der Waals surface area contributed by atoms with Crippen molar-refractivity contribution in [2.75, 3.05) is 6.61 Å². The third kappa shape index (κ3) is 4.04. The normalized spacial score (nSPS) is 10.8. The number of benzene rings is 1. The minimum absolute atomic E-state index is 0.176. The predicted octanol–water partition coefficient (Wildman–Crippen LogP) is 5.24. The molecule has 1 rings (SSSR count). The van der Waals surface area contributed by atoms with Crippen LogP contribution in [0.1, 0.15) is 37.0 Å². The predicted molar refractivity (Wildman–Crippen MR) is 75.8 cm³/mol. The van der Waals surface area contributed by atoms with E-state index in [0.717, 1.165) is 12.8 Å². The van der Waals surface area contributed by atoms with E-state index >= 15 is 0 Å². The monoisotopic (exact) mass is 308 g/mol. The highest BCUT2D eigenvalue weighted by atomic mass is 35.5. The fourth-order valence-corrected chi connectivity index (χ4v) is 2.18. The lowest BCUT2D eigenvalue weighted by atomic mass is 10.1. The van der Waals surface area contributed by atoms with Crippen LogP contribution in [0.4, 0.5) is 0 Å². The number of carbonyl (C=O) groups excluding carboxylic acids is 1. The quantitative estimate of drug-likeness (QED) is 0.549. The Labute approximate surface area is 122 Å². The van der Waals surface area contributed by atoms with Crippen molar-refractivity contribution in [3.8, 4) is 0 Å². The average molecular weight is 310 g/mol. The van der Waals surface area contributed by atoms with E-state index in [1.807, 2.05) is 0 Å². The lowest BCUT2D eigenvalue weighted by Crippen LogP contribution is -2.13. The van der Waals surface area contributed by atoms with Crippen molar-refractivity contribution >= 4 is 40.8 Å². The second-order valence-electron chi connectivity index (χ2n) is 4.03. The van der Waals surface area contributed by atoms with Gasteiger partial charge in [-0.05, 0) is 18.1 Å². The highest BCUT2D eigenvalue weighted by Crippen LogP contribution is 2.30. The van der Waals surface area contributed by atoms with E-state index in [0.29, 0.717) is 17.5 Å². The molecule has 0 N–H and O–H groups in total. The van der Waals surface area contributed by atoms with Gasteiger partial charge in [-0.25, -0.2) is 4.79 Å². The summed E-state index contributed by atoms with van der Waals surface area (Å²) in [4.78, 5) is 11.9. The Hall–Kier alpha value is -0.440. The van der Waals surface area contributed by atoms with E-state index in [4.69, 9.17) is 39.5 Å². The van der Waals surface area contributed by atoms with Crippen LogP contribution >= 0.6 is 34.8 Å². The molecule has 5 heteroatoms. The minimum atomic E-state index is -0.490. The van der Waals surface area contributed by atoms with Crippen LogP contribution in [0, 0.1) is 5.92 Å². The lowest BCUT2D eigenvalue weighted by molar-refractivity contribution is 0.0433. The van der Waals surface area contributed by atoms with Crippen molar-refractivity contribution in [1.29, 1.82) is 0 Å². The van der Waals surface area contributed by atoms with Gasteiger partial charge in [0.25, 0.3) is 0 Å². The Morgan fingerprint density at radius 2 is 1.83 bits per heavy atom. The van der Waals surface area contributed by atoms with E-state index in [-0.39, 0.29) is 15.6 Å². The number of rotatable bonds is 5. The topological polar surface area (TPSA) is 26.3 Å². The summed E-state index contributed by atoms with van der Waals surface area (Å²) in [6.45, 7) is 4.50. The molecule has 0 bridgehead atoms. The molecule has 0 amide bonds. The van der Waals surface area contributed by atoms with E-state index in [1.54, 1.807) is 0 Å². The van der Waals surface area contributed by atoms with Crippen LogP contribution in [0.2, 0.25) is 15.1 Å². The summed E-state index contributed by atoms with van der Waals surface area (Å²) in [6, 6.07) is 2.95. The molecule has 18 heavy (non-hydrogen) atoms. The number of carbonyl (C=O) groups is 1. The second-order valence-corrected chi connectivity index (χ2v) is 5.25. The molecule has 1 aromatic rings. The third-order valence-corrected chi connectivity index (χ3v) is 3.84. The average Bonchev–Trinajstić information content (AvgIpc) is 2.34. The van der Waals surface area contributed by atoms with Crippen molar-refractivity contribution < 1.29 is 9.53 Å². The Kier molecular flexibility index (Phi) is 6.27. The molecule has 0 radical (unpaired) electrons. The molecule has 2 nitrogen and oxygen atoms in total. The molecular formula is C13H15Cl3O2. The Morgan fingerprint density at radius 1 is 1.22 bits per heavy atom. The Morgan fingerprint density at radius 3 is 2.39 bits per heavy atom. The maximum atomic E-state index is 11.9. The van der Waals surface area contributed by atoms with Gasteiger partial charge in [-0.15, -0.1) is 0 Å². The van der Waals surface area contributed by atoms with Crippen molar-refractivity contribution in [2.24, 2.45) is 5.92 Å². The highest BCUT2D eigenvalue weighted by Gasteiger charge is 2.17. The van der Waals surface area contributed by atoms with Crippen LogP contribution in [0.5, 0.6) is 0 Å². The summed E-state index contributed by atoms with van der Waals surface area (Å²) in [6.07, 6.45) is 1.93. The third-order valence-electron chi connectivity index (χ3n) is 2.82. The first-order chi connectivity index (χ1) is 8.49.